The summed E-state index contributed by atoms with van der Waals surface area (Å²) >= 11 is 0. The molecule has 0 bridgehead atoms. The van der Waals surface area contributed by atoms with Gasteiger partial charge in [-0.1, -0.05) is 127 Å². The van der Waals surface area contributed by atoms with Crippen LogP contribution in [0.3, 0.4) is 0 Å². The molecular weight excluding hydrogens is 561 g/mol. The van der Waals surface area contributed by atoms with Crippen molar-refractivity contribution in [3.05, 3.63) is 156 Å². The highest BCUT2D eigenvalue weighted by atomic mass is 19.4. The number of hydrogen-bond donors (Lipinski definition) is 0. The van der Waals surface area contributed by atoms with Crippen molar-refractivity contribution in [3.8, 4) is 44.5 Å². The normalized spacial score (nSPS) is 11.8. The van der Waals surface area contributed by atoms with Gasteiger partial charge in [-0.3, -0.25) is 0 Å². The number of fused-ring (bicyclic) bond motifs is 2. The van der Waals surface area contributed by atoms with E-state index in [1.54, 1.807) is 12.1 Å². The topological polar surface area (TPSA) is 0 Å². The van der Waals surface area contributed by atoms with Gasteiger partial charge in [0.25, 0.3) is 0 Å². The lowest BCUT2D eigenvalue weighted by molar-refractivity contribution is -0.138. The summed E-state index contributed by atoms with van der Waals surface area (Å²) in [5.41, 5.74) is 10.3. The molecule has 0 unspecified atom stereocenters. The van der Waals surface area contributed by atoms with E-state index in [4.69, 9.17) is 0 Å². The molecule has 0 nitrogen and oxygen atoms in total. The zero-order valence-electron chi connectivity index (χ0n) is 25.3. The van der Waals surface area contributed by atoms with Crippen molar-refractivity contribution in [2.75, 3.05) is 0 Å². The SMILES string of the molecule is Cc1ccc(-c2ccc(-c3c4ccccc4c(-c4ccc(-c5ccc(C)c(C(F)(F)F)c5)cc4)c4ccccc34)cc2)cc1C. The van der Waals surface area contributed by atoms with Gasteiger partial charge in [-0.15, -0.1) is 0 Å². The van der Waals surface area contributed by atoms with Gasteiger partial charge in [0.2, 0.25) is 0 Å². The van der Waals surface area contributed by atoms with Crippen LogP contribution in [-0.2, 0) is 6.18 Å². The smallest absolute Gasteiger partial charge is 0.166 e. The molecule has 0 spiro atoms. The lowest BCUT2D eigenvalue weighted by Crippen LogP contribution is -2.07. The van der Waals surface area contributed by atoms with Gasteiger partial charge in [-0.2, -0.15) is 13.2 Å². The molecule has 0 aromatic heterocycles. The van der Waals surface area contributed by atoms with E-state index in [9.17, 15) is 13.2 Å². The molecule has 7 aromatic rings. The fourth-order valence-electron chi connectivity index (χ4n) is 6.44. The number of rotatable bonds is 4. The Hall–Kier alpha value is -5.15. The predicted octanol–water partition coefficient (Wildman–Crippen LogP) is 12.6. The van der Waals surface area contributed by atoms with E-state index in [1.807, 2.05) is 24.3 Å². The third-order valence-corrected chi connectivity index (χ3v) is 9.00. The molecular formula is C42H31F3. The van der Waals surface area contributed by atoms with Crippen LogP contribution < -0.4 is 0 Å². The van der Waals surface area contributed by atoms with Gasteiger partial charge in [0.05, 0.1) is 5.56 Å². The fraction of sp³-hybridized carbons (Fsp3) is 0.0952. The first-order valence-corrected chi connectivity index (χ1v) is 15.1. The quantitative estimate of drug-likeness (QED) is 0.178. The van der Waals surface area contributed by atoms with Crippen molar-refractivity contribution in [2.45, 2.75) is 26.9 Å². The van der Waals surface area contributed by atoms with Crippen LogP contribution in [0.5, 0.6) is 0 Å². The molecule has 0 atom stereocenters. The standard InChI is InChI=1S/C42H31F3/c1-26-12-14-33(24-28(26)3)29-16-20-31(21-17-29)40-35-8-4-6-10-37(35)41(38-11-7-5-9-36(38)40)32-22-18-30(19-23-32)34-15-13-27(2)39(25-34)42(43,44)45/h4-25H,1-3H3. The van der Waals surface area contributed by atoms with E-state index in [-0.39, 0.29) is 5.56 Å². The molecule has 7 aromatic carbocycles. The van der Waals surface area contributed by atoms with Gasteiger partial charge < -0.3 is 0 Å². The van der Waals surface area contributed by atoms with E-state index >= 15 is 0 Å². The van der Waals surface area contributed by atoms with E-state index in [2.05, 4.69) is 105 Å². The molecule has 0 radical (unpaired) electrons. The van der Waals surface area contributed by atoms with Crippen LogP contribution in [0, 0.1) is 20.8 Å². The molecule has 0 fully saturated rings. The van der Waals surface area contributed by atoms with Gasteiger partial charge >= 0.3 is 6.18 Å². The zero-order valence-corrected chi connectivity index (χ0v) is 25.3. The van der Waals surface area contributed by atoms with Crippen LogP contribution in [-0.4, -0.2) is 0 Å². The molecule has 0 aliphatic rings. The molecule has 3 heteroatoms. The van der Waals surface area contributed by atoms with Crippen LogP contribution in [0.15, 0.2) is 133 Å². The maximum atomic E-state index is 13.6. The third-order valence-electron chi connectivity index (χ3n) is 9.00. The summed E-state index contributed by atoms with van der Waals surface area (Å²) in [4.78, 5) is 0. The Kier molecular flexibility index (Phi) is 7.05. The Morgan fingerprint density at radius 2 is 0.711 bits per heavy atom. The van der Waals surface area contributed by atoms with Gasteiger partial charge in [0.15, 0.2) is 0 Å². The fourth-order valence-corrected chi connectivity index (χ4v) is 6.44. The van der Waals surface area contributed by atoms with Crippen LogP contribution in [0.1, 0.15) is 22.3 Å². The number of alkyl halides is 3. The molecule has 0 heterocycles. The Bertz CT molecular complexity index is 2150. The molecule has 220 valence electrons. The Morgan fingerprint density at radius 3 is 1.11 bits per heavy atom. The second kappa shape index (κ2) is 11.1. The molecule has 0 saturated heterocycles. The maximum Gasteiger partial charge on any atom is 0.416 e. The molecule has 0 saturated carbocycles. The summed E-state index contributed by atoms with van der Waals surface area (Å²) in [6, 6.07) is 44.8. The van der Waals surface area contributed by atoms with Crippen LogP contribution in [0.25, 0.3) is 66.1 Å². The number of benzene rings is 7. The summed E-state index contributed by atoms with van der Waals surface area (Å²) in [6.45, 7) is 5.77. The van der Waals surface area contributed by atoms with Gasteiger partial charge in [0.1, 0.15) is 0 Å². The van der Waals surface area contributed by atoms with Crippen molar-refractivity contribution >= 4 is 21.5 Å². The van der Waals surface area contributed by atoms with Crippen molar-refractivity contribution in [1.82, 2.24) is 0 Å². The second-order valence-corrected chi connectivity index (χ2v) is 11.8. The van der Waals surface area contributed by atoms with Crippen LogP contribution in [0.2, 0.25) is 0 Å². The first-order valence-electron chi connectivity index (χ1n) is 15.1. The molecule has 0 aliphatic heterocycles. The summed E-state index contributed by atoms with van der Waals surface area (Å²) in [5.74, 6) is 0. The minimum Gasteiger partial charge on any atom is -0.166 e. The monoisotopic (exact) mass is 592 g/mol. The second-order valence-electron chi connectivity index (χ2n) is 11.8. The maximum absolute atomic E-state index is 13.6. The number of halogens is 3. The average molecular weight is 593 g/mol. The van der Waals surface area contributed by atoms with Crippen molar-refractivity contribution in [2.24, 2.45) is 0 Å². The molecule has 45 heavy (non-hydrogen) atoms. The highest BCUT2D eigenvalue weighted by molar-refractivity contribution is 6.21. The highest BCUT2D eigenvalue weighted by Crippen LogP contribution is 2.44. The lowest BCUT2D eigenvalue weighted by Gasteiger charge is -2.18. The summed E-state index contributed by atoms with van der Waals surface area (Å²) in [7, 11) is 0. The molecule has 7 rings (SSSR count). The van der Waals surface area contributed by atoms with Crippen molar-refractivity contribution in [3.63, 3.8) is 0 Å². The van der Waals surface area contributed by atoms with Crippen LogP contribution in [0.4, 0.5) is 13.2 Å². The largest absolute Gasteiger partial charge is 0.416 e. The minimum atomic E-state index is -4.39. The molecule has 0 aliphatic carbocycles. The molecule has 0 N–H and O–H groups in total. The molecule has 0 amide bonds. The Labute approximate surface area is 261 Å². The first kappa shape index (κ1) is 28.6. The van der Waals surface area contributed by atoms with E-state index in [0.717, 1.165) is 43.8 Å². The van der Waals surface area contributed by atoms with Crippen LogP contribution >= 0.6 is 0 Å². The zero-order chi connectivity index (χ0) is 31.3. The van der Waals surface area contributed by atoms with E-state index in [0.29, 0.717) is 5.56 Å². The van der Waals surface area contributed by atoms with Crippen molar-refractivity contribution < 1.29 is 13.2 Å². The van der Waals surface area contributed by atoms with Gasteiger partial charge in [0, 0.05) is 0 Å². The lowest BCUT2D eigenvalue weighted by atomic mass is 9.85. The number of aryl methyl sites for hydroxylation is 3. The summed E-state index contributed by atoms with van der Waals surface area (Å²) in [6.07, 6.45) is -4.39. The average Bonchev–Trinajstić information content (AvgIpc) is 3.05. The van der Waals surface area contributed by atoms with Gasteiger partial charge in [-0.05, 0) is 110 Å². The first-order chi connectivity index (χ1) is 21.7. The van der Waals surface area contributed by atoms with Gasteiger partial charge in [-0.25, -0.2) is 0 Å². The van der Waals surface area contributed by atoms with Crippen molar-refractivity contribution in [1.29, 1.82) is 0 Å². The number of hydrogen-bond acceptors (Lipinski definition) is 0. The van der Waals surface area contributed by atoms with E-state index < -0.39 is 11.7 Å². The summed E-state index contributed by atoms with van der Waals surface area (Å²) in [5, 5.41) is 4.57. The predicted molar refractivity (Wildman–Crippen MR) is 182 cm³/mol. The Balaban J connectivity index is 1.36. The summed E-state index contributed by atoms with van der Waals surface area (Å²) < 4.78 is 40.8. The van der Waals surface area contributed by atoms with E-state index in [1.165, 1.54) is 40.8 Å². The third kappa shape index (κ3) is 5.19. The Morgan fingerprint density at radius 1 is 0.356 bits per heavy atom. The minimum absolute atomic E-state index is 0.223. The highest BCUT2D eigenvalue weighted by Gasteiger charge is 2.32.